The van der Waals surface area contributed by atoms with Gasteiger partial charge in [0, 0.05) is 12.2 Å². The summed E-state index contributed by atoms with van der Waals surface area (Å²) in [6, 6.07) is 5.31. The summed E-state index contributed by atoms with van der Waals surface area (Å²) in [6.45, 7) is 7.28. The van der Waals surface area contributed by atoms with E-state index in [1.807, 2.05) is 32.2 Å². The Balaban J connectivity index is 2.19. The second-order valence-corrected chi connectivity index (χ2v) is 7.65. The van der Waals surface area contributed by atoms with Gasteiger partial charge in [0.15, 0.2) is 0 Å². The molecule has 2 rings (SSSR count). The van der Waals surface area contributed by atoms with Crippen molar-refractivity contribution in [3.8, 4) is 0 Å². The third-order valence-corrected chi connectivity index (χ3v) is 5.65. The first-order chi connectivity index (χ1) is 9.90. The first kappa shape index (κ1) is 15.9. The molecule has 2 heterocycles. The highest BCUT2D eigenvalue weighted by Crippen LogP contribution is 2.23. The van der Waals surface area contributed by atoms with Gasteiger partial charge in [0.2, 0.25) is 0 Å². The average Bonchev–Trinajstić information content (AvgIpc) is 2.84. The van der Waals surface area contributed by atoms with Gasteiger partial charge in [0.25, 0.3) is 10.0 Å². The summed E-state index contributed by atoms with van der Waals surface area (Å²) in [5.74, 6) is 0.356. The second-order valence-electron chi connectivity index (χ2n) is 4.83. The fourth-order valence-corrected chi connectivity index (χ4v) is 4.14. The van der Waals surface area contributed by atoms with Crippen molar-refractivity contribution >= 4 is 27.2 Å². The van der Waals surface area contributed by atoms with Crippen LogP contribution in [0.4, 0.5) is 5.82 Å². The van der Waals surface area contributed by atoms with Gasteiger partial charge in [-0.25, -0.2) is 13.4 Å². The lowest BCUT2D eigenvalue weighted by atomic mass is 10.2. The molecule has 0 atom stereocenters. The first-order valence-electron chi connectivity index (χ1n) is 6.67. The highest BCUT2D eigenvalue weighted by atomic mass is 32.2. The molecule has 0 saturated carbocycles. The van der Waals surface area contributed by atoms with Crippen LogP contribution in [0.1, 0.15) is 23.7 Å². The molecule has 5 nitrogen and oxygen atoms in total. The Hall–Kier alpha value is -1.44. The maximum absolute atomic E-state index is 12.4. The van der Waals surface area contributed by atoms with Crippen LogP contribution in [-0.4, -0.2) is 19.9 Å². The number of pyridine rings is 1. The van der Waals surface area contributed by atoms with E-state index >= 15 is 0 Å². The van der Waals surface area contributed by atoms with Crippen LogP contribution >= 0.6 is 11.3 Å². The lowest BCUT2D eigenvalue weighted by molar-refractivity contribution is 0.603. The summed E-state index contributed by atoms with van der Waals surface area (Å²) >= 11 is 1.22. The standard InChI is InChI=1S/C14H19N3O2S2/c1-4-15-8-12-7-14(20-9-12)21(18,19)17-13-6-10(2)5-11(3)16-13/h5-7,9,15H,4,8H2,1-3H3,(H,16,17). The zero-order chi connectivity index (χ0) is 15.5. The minimum Gasteiger partial charge on any atom is -0.313 e. The van der Waals surface area contributed by atoms with Gasteiger partial charge in [-0.15, -0.1) is 11.3 Å². The highest BCUT2D eigenvalue weighted by molar-refractivity contribution is 7.94. The minimum absolute atomic E-state index is 0.302. The molecule has 2 aromatic heterocycles. The number of sulfonamides is 1. The van der Waals surface area contributed by atoms with Gasteiger partial charge in [0.1, 0.15) is 10.0 Å². The van der Waals surface area contributed by atoms with Crippen molar-refractivity contribution in [1.82, 2.24) is 10.3 Å². The molecule has 21 heavy (non-hydrogen) atoms. The molecule has 0 unspecified atom stereocenters. The Labute approximate surface area is 129 Å². The SMILES string of the molecule is CCNCc1csc(S(=O)(=O)Nc2cc(C)cc(C)n2)c1. The molecule has 0 amide bonds. The van der Waals surface area contributed by atoms with Gasteiger partial charge in [0.05, 0.1) is 0 Å². The van der Waals surface area contributed by atoms with Crippen molar-refractivity contribution in [3.05, 3.63) is 40.4 Å². The number of nitrogens with zero attached hydrogens (tertiary/aromatic N) is 1. The van der Waals surface area contributed by atoms with Crippen molar-refractivity contribution in [2.75, 3.05) is 11.3 Å². The average molecular weight is 325 g/mol. The maximum Gasteiger partial charge on any atom is 0.272 e. The predicted molar refractivity (Wildman–Crippen MR) is 86.2 cm³/mol. The van der Waals surface area contributed by atoms with E-state index in [9.17, 15) is 8.42 Å². The predicted octanol–water partition coefficient (Wildman–Crippen LogP) is 2.67. The number of thiophene rings is 1. The van der Waals surface area contributed by atoms with Crippen LogP contribution in [0.15, 0.2) is 27.8 Å². The Bertz CT molecular complexity index is 703. The number of anilines is 1. The van der Waals surface area contributed by atoms with Crippen molar-refractivity contribution in [1.29, 1.82) is 0 Å². The number of hydrogen-bond acceptors (Lipinski definition) is 5. The summed E-state index contributed by atoms with van der Waals surface area (Å²) < 4.78 is 27.5. The van der Waals surface area contributed by atoms with Crippen LogP contribution in [0.5, 0.6) is 0 Å². The lowest BCUT2D eigenvalue weighted by Crippen LogP contribution is -2.13. The Kier molecular flexibility index (Phi) is 4.97. The zero-order valence-corrected chi connectivity index (χ0v) is 13.9. The van der Waals surface area contributed by atoms with E-state index in [1.54, 1.807) is 12.1 Å². The monoisotopic (exact) mass is 325 g/mol. The molecule has 0 aliphatic carbocycles. The van der Waals surface area contributed by atoms with Crippen LogP contribution in [-0.2, 0) is 16.6 Å². The minimum atomic E-state index is -3.57. The van der Waals surface area contributed by atoms with Crippen LogP contribution < -0.4 is 10.0 Å². The molecule has 0 saturated heterocycles. The Morgan fingerprint density at radius 2 is 2.00 bits per heavy atom. The highest BCUT2D eigenvalue weighted by Gasteiger charge is 2.17. The molecule has 0 spiro atoms. The summed E-state index contributed by atoms with van der Waals surface area (Å²) in [4.78, 5) is 4.20. The molecule has 7 heteroatoms. The number of aromatic nitrogens is 1. The van der Waals surface area contributed by atoms with Crippen molar-refractivity contribution in [3.63, 3.8) is 0 Å². The van der Waals surface area contributed by atoms with Crippen LogP contribution in [0, 0.1) is 13.8 Å². The first-order valence-corrected chi connectivity index (χ1v) is 9.03. The molecule has 2 aromatic rings. The van der Waals surface area contributed by atoms with Gasteiger partial charge in [-0.05, 0) is 55.1 Å². The van der Waals surface area contributed by atoms with Gasteiger partial charge in [-0.3, -0.25) is 4.72 Å². The lowest BCUT2D eigenvalue weighted by Gasteiger charge is -2.07. The number of aryl methyl sites for hydroxylation is 2. The molecule has 0 aliphatic rings. The second kappa shape index (κ2) is 6.55. The van der Waals surface area contributed by atoms with Crippen LogP contribution in [0.25, 0.3) is 0 Å². The van der Waals surface area contributed by atoms with Gasteiger partial charge < -0.3 is 5.32 Å². The van der Waals surface area contributed by atoms with Crippen LogP contribution in [0.3, 0.4) is 0 Å². The molecular formula is C14H19N3O2S2. The van der Waals surface area contributed by atoms with E-state index in [-0.39, 0.29) is 0 Å². The molecule has 2 N–H and O–H groups in total. The van der Waals surface area contributed by atoms with E-state index in [4.69, 9.17) is 0 Å². The summed E-state index contributed by atoms with van der Waals surface area (Å²) in [5.41, 5.74) is 2.72. The molecule has 0 fully saturated rings. The Morgan fingerprint density at radius 3 is 2.67 bits per heavy atom. The van der Waals surface area contributed by atoms with E-state index in [1.165, 1.54) is 11.3 Å². The summed E-state index contributed by atoms with van der Waals surface area (Å²) in [7, 11) is -3.57. The van der Waals surface area contributed by atoms with E-state index in [2.05, 4.69) is 15.0 Å². The number of nitrogens with one attached hydrogen (secondary N) is 2. The van der Waals surface area contributed by atoms with Gasteiger partial charge >= 0.3 is 0 Å². The van der Waals surface area contributed by atoms with Gasteiger partial charge in [-0.1, -0.05) is 6.92 Å². The van der Waals surface area contributed by atoms with Crippen molar-refractivity contribution < 1.29 is 8.42 Å². The molecule has 114 valence electrons. The molecule has 0 aromatic carbocycles. The molecule has 0 bridgehead atoms. The maximum atomic E-state index is 12.4. The van der Waals surface area contributed by atoms with Crippen LogP contribution in [0.2, 0.25) is 0 Å². The fourth-order valence-electron chi connectivity index (χ4n) is 1.94. The third-order valence-electron chi connectivity index (χ3n) is 2.81. The topological polar surface area (TPSA) is 71.1 Å². The quantitative estimate of drug-likeness (QED) is 0.856. The third kappa shape index (κ3) is 4.26. The van der Waals surface area contributed by atoms with E-state index in [0.717, 1.165) is 23.4 Å². The Morgan fingerprint density at radius 1 is 1.24 bits per heavy atom. The molecule has 0 radical (unpaired) electrons. The summed E-state index contributed by atoms with van der Waals surface area (Å²) in [5, 5.41) is 5.03. The number of hydrogen-bond donors (Lipinski definition) is 2. The van der Waals surface area contributed by atoms with Crippen molar-refractivity contribution in [2.45, 2.75) is 31.5 Å². The largest absolute Gasteiger partial charge is 0.313 e. The number of rotatable bonds is 6. The van der Waals surface area contributed by atoms with Gasteiger partial charge in [-0.2, -0.15) is 0 Å². The zero-order valence-electron chi connectivity index (χ0n) is 12.3. The smallest absolute Gasteiger partial charge is 0.272 e. The van der Waals surface area contributed by atoms with E-state index in [0.29, 0.717) is 16.6 Å². The summed E-state index contributed by atoms with van der Waals surface area (Å²) in [6.07, 6.45) is 0. The van der Waals surface area contributed by atoms with E-state index < -0.39 is 10.0 Å². The fraction of sp³-hybridized carbons (Fsp3) is 0.357. The van der Waals surface area contributed by atoms with Crippen molar-refractivity contribution in [2.24, 2.45) is 0 Å². The normalized spacial score (nSPS) is 11.6. The molecular weight excluding hydrogens is 306 g/mol. The molecule has 0 aliphatic heterocycles.